The zero-order chi connectivity index (χ0) is 29.1. The number of para-hydroxylation sites is 1. The molecule has 2 amide bonds. The van der Waals surface area contributed by atoms with E-state index in [0.29, 0.717) is 36.6 Å². The Balaban J connectivity index is 1.19. The van der Waals surface area contributed by atoms with Gasteiger partial charge >= 0.3 is 5.97 Å². The predicted octanol–water partition coefficient (Wildman–Crippen LogP) is 4.84. The van der Waals surface area contributed by atoms with Gasteiger partial charge < -0.3 is 19.7 Å². The van der Waals surface area contributed by atoms with Crippen molar-refractivity contribution in [3.05, 3.63) is 58.5 Å². The lowest BCUT2D eigenvalue weighted by molar-refractivity contribution is -0.148. The van der Waals surface area contributed by atoms with Gasteiger partial charge in [-0.25, -0.2) is 8.78 Å². The first-order valence-electron chi connectivity index (χ1n) is 13.6. The number of rotatable bonds is 8. The largest absolute Gasteiger partial charge is 0.469 e. The van der Waals surface area contributed by atoms with Gasteiger partial charge in [0.05, 0.1) is 61.0 Å². The highest BCUT2D eigenvalue weighted by Crippen LogP contribution is 2.30. The molecule has 0 unspecified atom stereocenters. The first-order valence-corrected chi connectivity index (χ1v) is 14.0. The van der Waals surface area contributed by atoms with E-state index < -0.39 is 29.8 Å². The SMILES string of the molecule is COC(=O)C1CCC(OC[C@@H]2C[C@H](F)CN2C(=O)Cc2cc(Cl)c(NC(=O)c3n[nH]c4ccccc34)cc2F)CC1. The first kappa shape index (κ1) is 28.9. The Morgan fingerprint density at radius 1 is 1.17 bits per heavy atom. The van der Waals surface area contributed by atoms with E-state index >= 15 is 4.39 Å². The highest BCUT2D eigenvalue weighted by Gasteiger charge is 2.37. The smallest absolute Gasteiger partial charge is 0.308 e. The number of H-pyrrole nitrogens is 1. The molecule has 1 aliphatic heterocycles. The number of hydrogen-bond acceptors (Lipinski definition) is 6. The molecule has 218 valence electrons. The number of halogens is 3. The van der Waals surface area contributed by atoms with Gasteiger partial charge in [0, 0.05) is 11.8 Å². The fourth-order valence-corrected chi connectivity index (χ4v) is 5.84. The number of likely N-dealkylation sites (tertiary alicyclic amines) is 1. The molecule has 2 aromatic carbocycles. The number of alkyl halides is 1. The van der Waals surface area contributed by atoms with Crippen LogP contribution in [0.4, 0.5) is 14.5 Å². The number of esters is 1. The summed E-state index contributed by atoms with van der Waals surface area (Å²) in [6.07, 6.45) is 1.22. The Morgan fingerprint density at radius 3 is 2.68 bits per heavy atom. The lowest BCUT2D eigenvalue weighted by Crippen LogP contribution is -2.40. The van der Waals surface area contributed by atoms with Crippen molar-refractivity contribution in [2.75, 3.05) is 25.6 Å². The number of hydrogen-bond donors (Lipinski definition) is 2. The average molecular weight is 589 g/mol. The number of benzene rings is 2. The molecule has 0 bridgehead atoms. The number of ether oxygens (including phenoxy) is 2. The van der Waals surface area contributed by atoms with Crippen LogP contribution >= 0.6 is 11.6 Å². The second-order valence-corrected chi connectivity index (χ2v) is 10.9. The van der Waals surface area contributed by atoms with Crippen molar-refractivity contribution in [3.63, 3.8) is 0 Å². The van der Waals surface area contributed by atoms with E-state index in [-0.39, 0.29) is 66.0 Å². The van der Waals surface area contributed by atoms with E-state index in [0.717, 1.165) is 6.07 Å². The van der Waals surface area contributed by atoms with Crippen LogP contribution in [0.25, 0.3) is 10.9 Å². The van der Waals surface area contributed by atoms with Gasteiger partial charge in [0.2, 0.25) is 5.91 Å². The van der Waals surface area contributed by atoms with E-state index in [4.69, 9.17) is 21.1 Å². The highest BCUT2D eigenvalue weighted by molar-refractivity contribution is 6.34. The van der Waals surface area contributed by atoms with E-state index in [1.165, 1.54) is 18.1 Å². The maximum atomic E-state index is 15.1. The van der Waals surface area contributed by atoms with Crippen LogP contribution in [0.5, 0.6) is 0 Å². The van der Waals surface area contributed by atoms with Gasteiger partial charge in [0.15, 0.2) is 5.69 Å². The van der Waals surface area contributed by atoms with Crippen molar-refractivity contribution in [1.29, 1.82) is 0 Å². The van der Waals surface area contributed by atoms with Crippen molar-refractivity contribution in [2.45, 2.75) is 56.8 Å². The number of fused-ring (bicyclic) bond motifs is 1. The summed E-state index contributed by atoms with van der Waals surface area (Å²) in [5, 5.41) is 10.0. The number of methoxy groups -OCH3 is 1. The summed E-state index contributed by atoms with van der Waals surface area (Å²) in [5.41, 5.74) is 0.883. The van der Waals surface area contributed by atoms with Gasteiger partial charge in [-0.2, -0.15) is 5.10 Å². The summed E-state index contributed by atoms with van der Waals surface area (Å²) in [5.74, 6) is -2.09. The molecular formula is C29H31ClF2N4O5. The monoisotopic (exact) mass is 588 g/mol. The molecule has 0 spiro atoms. The van der Waals surface area contributed by atoms with Gasteiger partial charge in [-0.15, -0.1) is 0 Å². The molecule has 5 rings (SSSR count). The Kier molecular flexibility index (Phi) is 8.84. The number of anilines is 1. The molecule has 9 nitrogen and oxygen atoms in total. The molecule has 2 atom stereocenters. The molecule has 3 aromatic rings. The molecule has 1 aliphatic carbocycles. The number of amides is 2. The molecular weight excluding hydrogens is 558 g/mol. The lowest BCUT2D eigenvalue weighted by Gasteiger charge is -2.30. The van der Waals surface area contributed by atoms with Crippen molar-refractivity contribution in [2.24, 2.45) is 5.92 Å². The Labute approximate surface area is 240 Å². The van der Waals surface area contributed by atoms with Crippen LogP contribution in [0, 0.1) is 11.7 Å². The molecule has 2 N–H and O–H groups in total. The maximum absolute atomic E-state index is 15.1. The van der Waals surface area contributed by atoms with Crippen molar-refractivity contribution in [3.8, 4) is 0 Å². The standard InChI is InChI=1S/C29H31ClF2N4O5/c1-40-29(39)16-6-8-20(9-7-16)41-15-19-12-18(31)14-36(19)26(37)11-17-10-22(30)25(13-23(17)32)33-28(38)27-21-4-2-3-5-24(21)34-35-27/h2-5,10,13,16,18-20H,6-9,11-12,14-15H2,1H3,(H,33,38)(H,34,35)/t16?,18-,19-,20?/m0/s1. The van der Waals surface area contributed by atoms with Crippen molar-refractivity contribution in [1.82, 2.24) is 15.1 Å². The number of aromatic nitrogens is 2. The summed E-state index contributed by atoms with van der Waals surface area (Å²) in [7, 11) is 1.38. The predicted molar refractivity (Wildman–Crippen MR) is 148 cm³/mol. The summed E-state index contributed by atoms with van der Waals surface area (Å²) in [6.45, 7) is 0.0683. The van der Waals surface area contributed by atoms with E-state index in [2.05, 4.69) is 15.5 Å². The minimum atomic E-state index is -1.20. The number of carbonyl (C=O) groups is 3. The number of nitrogens with one attached hydrogen (secondary N) is 2. The molecule has 2 fully saturated rings. The normalized spacial score (nSPS) is 22.6. The Hall–Kier alpha value is -3.57. The molecule has 1 aromatic heterocycles. The Morgan fingerprint density at radius 2 is 1.93 bits per heavy atom. The van der Waals surface area contributed by atoms with Crippen LogP contribution in [0.15, 0.2) is 36.4 Å². The number of carbonyl (C=O) groups excluding carboxylic acids is 3. The summed E-state index contributed by atoms with van der Waals surface area (Å²) in [6, 6.07) is 8.96. The van der Waals surface area contributed by atoms with Gasteiger partial charge in [0.25, 0.3) is 5.91 Å². The average Bonchev–Trinajstić information content (AvgIpc) is 3.57. The number of aromatic amines is 1. The second kappa shape index (κ2) is 12.5. The molecule has 12 heteroatoms. The minimum Gasteiger partial charge on any atom is -0.469 e. The second-order valence-electron chi connectivity index (χ2n) is 10.5. The van der Waals surface area contributed by atoms with E-state index in [1.54, 1.807) is 24.3 Å². The molecule has 0 radical (unpaired) electrons. The first-order chi connectivity index (χ1) is 19.7. The van der Waals surface area contributed by atoms with Gasteiger partial charge in [-0.3, -0.25) is 19.5 Å². The van der Waals surface area contributed by atoms with Crippen molar-refractivity contribution >= 4 is 46.0 Å². The third-order valence-corrected chi connectivity index (χ3v) is 8.14. The van der Waals surface area contributed by atoms with Crippen LogP contribution in [-0.2, 0) is 25.5 Å². The molecule has 41 heavy (non-hydrogen) atoms. The summed E-state index contributed by atoms with van der Waals surface area (Å²) in [4.78, 5) is 39.1. The van der Waals surface area contributed by atoms with Gasteiger partial charge in [-0.1, -0.05) is 29.8 Å². The van der Waals surface area contributed by atoms with Crippen LogP contribution < -0.4 is 5.32 Å². The molecule has 2 heterocycles. The van der Waals surface area contributed by atoms with E-state index in [9.17, 15) is 18.8 Å². The quantitative estimate of drug-likeness (QED) is 0.364. The fourth-order valence-electron chi connectivity index (χ4n) is 5.60. The van der Waals surface area contributed by atoms with Crippen molar-refractivity contribution < 1.29 is 32.6 Å². The van der Waals surface area contributed by atoms with Crippen LogP contribution in [0.1, 0.15) is 48.2 Å². The summed E-state index contributed by atoms with van der Waals surface area (Å²) >= 11 is 6.35. The topological polar surface area (TPSA) is 114 Å². The third kappa shape index (κ3) is 6.51. The molecule has 1 saturated heterocycles. The van der Waals surface area contributed by atoms with Crippen LogP contribution in [0.3, 0.4) is 0 Å². The van der Waals surface area contributed by atoms with E-state index in [1.807, 2.05) is 0 Å². The minimum absolute atomic E-state index is 0.0336. The van der Waals surface area contributed by atoms with Gasteiger partial charge in [0.1, 0.15) is 12.0 Å². The van der Waals surface area contributed by atoms with Crippen LogP contribution in [0.2, 0.25) is 5.02 Å². The highest BCUT2D eigenvalue weighted by atomic mass is 35.5. The zero-order valence-electron chi connectivity index (χ0n) is 22.5. The lowest BCUT2D eigenvalue weighted by atomic mass is 9.87. The van der Waals surface area contributed by atoms with Gasteiger partial charge in [-0.05, 0) is 49.4 Å². The fraction of sp³-hybridized carbons (Fsp3) is 0.448. The number of nitrogens with zero attached hydrogens (tertiary/aromatic N) is 2. The summed E-state index contributed by atoms with van der Waals surface area (Å²) < 4.78 is 40.2. The maximum Gasteiger partial charge on any atom is 0.308 e. The third-order valence-electron chi connectivity index (χ3n) is 7.83. The van der Waals surface area contributed by atoms with Crippen LogP contribution in [-0.4, -0.2) is 71.5 Å². The molecule has 2 aliphatic rings. The molecule has 1 saturated carbocycles. The zero-order valence-corrected chi connectivity index (χ0v) is 23.3. The Bertz CT molecular complexity index is 1440.